The van der Waals surface area contributed by atoms with Gasteiger partial charge in [0.15, 0.2) is 17.0 Å². The number of nitrogen functional groups attached to an aromatic ring is 1. The number of carbonyl (C=O) groups excluding carboxylic acids is 1. The molecule has 3 atom stereocenters. The highest BCUT2D eigenvalue weighted by Crippen LogP contribution is 2.23. The Morgan fingerprint density at radius 2 is 1.92 bits per heavy atom. The maximum Gasteiger partial charge on any atom is 0.461 e. The lowest BCUT2D eigenvalue weighted by Gasteiger charge is -2.18. The van der Waals surface area contributed by atoms with Crippen LogP contribution < -0.4 is 16.6 Å². The fourth-order valence-electron chi connectivity index (χ4n) is 3.18. The molecule has 0 aliphatic carbocycles. The van der Waals surface area contributed by atoms with Crippen LogP contribution in [-0.4, -0.2) is 50.1 Å². The number of rotatable bonds is 11. The van der Waals surface area contributed by atoms with E-state index in [-0.39, 0.29) is 18.5 Å². The van der Waals surface area contributed by atoms with E-state index in [1.54, 1.807) is 36.9 Å². The molecule has 0 fully saturated rings. The summed E-state index contributed by atoms with van der Waals surface area (Å²) >= 11 is 0. The number of nitrogens with one attached hydrogen (secondary N) is 1. The molecule has 0 saturated carbocycles. The van der Waals surface area contributed by atoms with Crippen LogP contribution >= 0.6 is 7.95 Å². The molecule has 0 aliphatic heterocycles. The second-order valence-electron chi connectivity index (χ2n) is 9.21. The second kappa shape index (κ2) is 14.4. The third-order valence-corrected chi connectivity index (χ3v) is 6.47. The first-order valence-corrected chi connectivity index (χ1v) is 13.6. The van der Waals surface area contributed by atoms with Crippen LogP contribution in [0.5, 0.6) is 0 Å². The minimum atomic E-state index is -1.95. The molecule has 5 N–H and O–H groups in total. The first-order valence-electron chi connectivity index (χ1n) is 12.2. The number of hydrogen-bond acceptors (Lipinski definition) is 10. The van der Waals surface area contributed by atoms with Crippen LogP contribution in [0.25, 0.3) is 11.2 Å². The maximum atomic E-state index is 12.2. The normalized spacial score (nSPS) is 13.1. The topological polar surface area (TPSA) is 184 Å². The van der Waals surface area contributed by atoms with Gasteiger partial charge in [-0.2, -0.15) is 5.26 Å². The number of nitrogens with zero attached hydrogens (tertiary/aromatic N) is 5. The van der Waals surface area contributed by atoms with Crippen molar-refractivity contribution in [2.24, 2.45) is 5.73 Å². The van der Waals surface area contributed by atoms with Gasteiger partial charge in [0.1, 0.15) is 11.8 Å². The molecule has 2 aromatic heterocycles. The van der Waals surface area contributed by atoms with E-state index in [1.165, 1.54) is 6.33 Å². The van der Waals surface area contributed by atoms with E-state index in [0.29, 0.717) is 35.7 Å². The molecule has 0 aliphatic rings. The highest BCUT2D eigenvalue weighted by Gasteiger charge is 2.37. The van der Waals surface area contributed by atoms with Crippen LogP contribution in [0.3, 0.4) is 0 Å². The molecule has 3 rings (SSSR count). The second-order valence-corrected chi connectivity index (χ2v) is 10.4. The van der Waals surface area contributed by atoms with Crippen LogP contribution in [0, 0.1) is 11.3 Å². The molecule has 13 heteroatoms. The summed E-state index contributed by atoms with van der Waals surface area (Å²) in [5, 5.41) is 11.3. The molecule has 0 amide bonds. The number of carbonyl (C=O) groups is 1. The highest BCUT2D eigenvalue weighted by atomic mass is 31.1. The zero-order valence-corrected chi connectivity index (χ0v) is 23.3. The van der Waals surface area contributed by atoms with Crippen molar-refractivity contribution in [3.63, 3.8) is 0 Å². The van der Waals surface area contributed by atoms with Gasteiger partial charge in [-0.1, -0.05) is 24.1 Å². The van der Waals surface area contributed by atoms with Crippen LogP contribution in [0.1, 0.15) is 58.2 Å². The van der Waals surface area contributed by atoms with Gasteiger partial charge in [0.2, 0.25) is 0 Å². The number of anilines is 1. The maximum absolute atomic E-state index is 12.2. The third kappa shape index (κ3) is 9.11. The fourth-order valence-corrected chi connectivity index (χ4v) is 4.35. The molecular weight excluding hydrogens is 507 g/mol. The molecule has 3 unspecified atom stereocenters. The number of benzene rings is 1. The molecule has 1 aromatic carbocycles. The number of hydrogen-bond donors (Lipinski definition) is 3. The van der Waals surface area contributed by atoms with Crippen molar-refractivity contribution in [2.45, 2.75) is 65.3 Å². The lowest BCUT2D eigenvalue weighted by molar-refractivity contribution is -0.149. The largest absolute Gasteiger partial charge is 0.464 e. The van der Waals surface area contributed by atoms with E-state index in [0.717, 1.165) is 12.0 Å². The molecule has 2 heterocycles. The summed E-state index contributed by atoms with van der Waals surface area (Å²) in [5.74, 6) is -0.125. The average molecular weight is 544 g/mol. The van der Waals surface area contributed by atoms with Gasteiger partial charge in [-0.3, -0.25) is 0 Å². The predicted molar refractivity (Wildman–Crippen MR) is 145 cm³/mol. The number of imidazole rings is 1. The Morgan fingerprint density at radius 3 is 2.53 bits per heavy atom. The molecule has 0 bridgehead atoms. The van der Waals surface area contributed by atoms with Crippen molar-refractivity contribution in [3.8, 4) is 6.07 Å². The summed E-state index contributed by atoms with van der Waals surface area (Å²) in [4.78, 5) is 24.2. The van der Waals surface area contributed by atoms with Gasteiger partial charge >= 0.3 is 13.9 Å². The van der Waals surface area contributed by atoms with Crippen molar-refractivity contribution in [1.82, 2.24) is 24.6 Å². The molecule has 12 nitrogen and oxygen atoms in total. The lowest BCUT2D eigenvalue weighted by atomic mass is 10.1. The van der Waals surface area contributed by atoms with E-state index in [1.807, 2.05) is 32.9 Å². The molecule has 204 valence electrons. The predicted octanol–water partition coefficient (Wildman–Crippen LogP) is 3.41. The number of nitriles is 1. The number of ether oxygens (including phenoxy) is 2. The van der Waals surface area contributed by atoms with E-state index >= 15 is 0 Å². The summed E-state index contributed by atoms with van der Waals surface area (Å²) in [5.41, 5.74) is 13.2. The number of aromatic nitrogens is 4. The van der Waals surface area contributed by atoms with E-state index in [4.69, 9.17) is 26.2 Å². The molecule has 0 radical (unpaired) electrons. The Kier molecular flexibility index (Phi) is 11.7. The van der Waals surface area contributed by atoms with E-state index < -0.39 is 19.5 Å². The molecular formula is C25H36N8O4P+. The van der Waals surface area contributed by atoms with Crippen molar-refractivity contribution in [1.29, 1.82) is 5.26 Å². The zero-order valence-electron chi connectivity index (χ0n) is 22.4. The first kappa shape index (κ1) is 30.7. The Bertz CT molecular complexity index is 1250. The fraction of sp³-hybridized carbons (Fsp3) is 0.480. The SMILES string of the molecule is CC(N)c1ccc(C#N)cc1.CCCOC(=O)C(C)(C)N[P+](=O)COC(C)Cn1cnc2c(N)ncnc21. The van der Waals surface area contributed by atoms with Gasteiger partial charge in [0.05, 0.1) is 37.2 Å². The van der Waals surface area contributed by atoms with Gasteiger partial charge in [-0.05, 0) is 56.4 Å². The third-order valence-electron chi connectivity index (χ3n) is 5.28. The summed E-state index contributed by atoms with van der Waals surface area (Å²) < 4.78 is 24.8. The summed E-state index contributed by atoms with van der Waals surface area (Å²) in [7, 11) is -1.95. The van der Waals surface area contributed by atoms with Gasteiger partial charge in [-0.25, -0.2) is 19.7 Å². The summed E-state index contributed by atoms with van der Waals surface area (Å²) in [6.45, 7) is 9.72. The number of esters is 1. The minimum absolute atomic E-state index is 0.0370. The zero-order chi connectivity index (χ0) is 28.3. The molecule has 0 saturated heterocycles. The molecule has 0 spiro atoms. The van der Waals surface area contributed by atoms with Crippen LogP contribution in [0.2, 0.25) is 0 Å². The van der Waals surface area contributed by atoms with Crippen LogP contribution in [-0.2, 0) is 25.4 Å². The van der Waals surface area contributed by atoms with Gasteiger partial charge in [-0.15, -0.1) is 0 Å². The molecule has 3 aromatic rings. The van der Waals surface area contributed by atoms with E-state index in [9.17, 15) is 9.36 Å². The van der Waals surface area contributed by atoms with Crippen molar-refractivity contribution in [2.75, 3.05) is 18.7 Å². The highest BCUT2D eigenvalue weighted by molar-refractivity contribution is 7.42. The number of fused-ring (bicyclic) bond motifs is 1. The summed E-state index contributed by atoms with van der Waals surface area (Å²) in [6.07, 6.45) is 3.43. The van der Waals surface area contributed by atoms with Gasteiger partial charge in [0, 0.05) is 6.04 Å². The van der Waals surface area contributed by atoms with Crippen molar-refractivity contribution >= 4 is 30.9 Å². The average Bonchev–Trinajstić information content (AvgIpc) is 3.30. The standard InChI is InChI=1S/C16H26N6O4P.C9H10N2/c1-5-6-25-15(23)16(3,4)21-27(24)10-26-11(2)7-22-9-20-12-13(17)18-8-19-14(12)22;1-7(11)9-4-2-8(6-10)3-5-9/h8-9,11H,5-7,10H2,1-4H3,(H,21,24)(H2,17,18,19);2-5,7H,11H2,1H3/q+1;. The Labute approximate surface area is 223 Å². The Morgan fingerprint density at radius 1 is 1.24 bits per heavy atom. The first-order chi connectivity index (χ1) is 18.0. The Balaban J connectivity index is 0.000000384. The lowest BCUT2D eigenvalue weighted by Crippen LogP contribution is -2.44. The Hall–Kier alpha value is -3.49. The summed E-state index contributed by atoms with van der Waals surface area (Å²) in [6, 6.07) is 9.41. The van der Waals surface area contributed by atoms with Crippen LogP contribution in [0.15, 0.2) is 36.9 Å². The smallest absolute Gasteiger partial charge is 0.461 e. The minimum Gasteiger partial charge on any atom is -0.464 e. The quantitative estimate of drug-likeness (QED) is 0.238. The van der Waals surface area contributed by atoms with Crippen molar-refractivity contribution in [3.05, 3.63) is 48.0 Å². The van der Waals surface area contributed by atoms with Gasteiger partial charge < -0.3 is 25.5 Å². The number of nitrogens with two attached hydrogens (primary N) is 2. The monoisotopic (exact) mass is 543 g/mol. The van der Waals surface area contributed by atoms with Gasteiger partial charge in [0.25, 0.3) is 6.35 Å². The molecule has 38 heavy (non-hydrogen) atoms. The van der Waals surface area contributed by atoms with E-state index in [2.05, 4.69) is 26.1 Å². The van der Waals surface area contributed by atoms with Crippen molar-refractivity contribution < 1.29 is 18.8 Å². The van der Waals surface area contributed by atoms with Crippen LogP contribution in [0.4, 0.5) is 5.82 Å².